The van der Waals surface area contributed by atoms with Crippen LogP contribution in [0.2, 0.25) is 0 Å². The van der Waals surface area contributed by atoms with Gasteiger partial charge in [-0.1, -0.05) is 26.0 Å². The SMILES string of the molecule is CCN(CC)CC(C)Nc1nc(N)nc2ccccc12. The molecule has 108 valence electrons. The average Bonchev–Trinajstić information content (AvgIpc) is 2.44. The van der Waals surface area contributed by atoms with Gasteiger partial charge in [0.05, 0.1) is 5.52 Å². The van der Waals surface area contributed by atoms with Crippen molar-refractivity contribution in [3.63, 3.8) is 0 Å². The van der Waals surface area contributed by atoms with E-state index in [9.17, 15) is 0 Å². The summed E-state index contributed by atoms with van der Waals surface area (Å²) in [5.74, 6) is 1.12. The highest BCUT2D eigenvalue weighted by Crippen LogP contribution is 2.21. The van der Waals surface area contributed by atoms with Gasteiger partial charge in [0.2, 0.25) is 5.95 Å². The van der Waals surface area contributed by atoms with Gasteiger partial charge in [-0.2, -0.15) is 4.98 Å². The molecular weight excluding hydrogens is 250 g/mol. The minimum absolute atomic E-state index is 0.299. The molecule has 5 heteroatoms. The molecule has 0 aliphatic carbocycles. The molecule has 0 fully saturated rings. The lowest BCUT2D eigenvalue weighted by atomic mass is 10.2. The first-order chi connectivity index (χ1) is 9.63. The van der Waals surface area contributed by atoms with E-state index in [1.54, 1.807) is 0 Å². The maximum Gasteiger partial charge on any atom is 0.222 e. The number of anilines is 2. The minimum Gasteiger partial charge on any atom is -0.368 e. The molecule has 1 unspecified atom stereocenters. The lowest BCUT2D eigenvalue weighted by molar-refractivity contribution is 0.294. The second kappa shape index (κ2) is 6.52. The minimum atomic E-state index is 0.299. The Balaban J connectivity index is 2.20. The fourth-order valence-electron chi connectivity index (χ4n) is 2.35. The average molecular weight is 273 g/mol. The number of hydrogen-bond donors (Lipinski definition) is 2. The molecule has 0 saturated carbocycles. The van der Waals surface area contributed by atoms with E-state index in [1.807, 2.05) is 24.3 Å². The van der Waals surface area contributed by atoms with Crippen molar-refractivity contribution in [2.24, 2.45) is 0 Å². The largest absolute Gasteiger partial charge is 0.368 e. The number of likely N-dealkylation sites (N-methyl/N-ethyl adjacent to an activating group) is 1. The van der Waals surface area contributed by atoms with Crippen LogP contribution in [0.3, 0.4) is 0 Å². The van der Waals surface area contributed by atoms with Crippen LogP contribution in [-0.2, 0) is 0 Å². The van der Waals surface area contributed by atoms with E-state index < -0.39 is 0 Å². The highest BCUT2D eigenvalue weighted by Gasteiger charge is 2.11. The van der Waals surface area contributed by atoms with Crippen LogP contribution >= 0.6 is 0 Å². The second-order valence-corrected chi connectivity index (χ2v) is 4.98. The first-order valence-electron chi connectivity index (χ1n) is 7.15. The van der Waals surface area contributed by atoms with Gasteiger partial charge in [0.25, 0.3) is 0 Å². The summed E-state index contributed by atoms with van der Waals surface area (Å²) in [5.41, 5.74) is 6.65. The Kier molecular flexibility index (Phi) is 4.74. The third-order valence-electron chi connectivity index (χ3n) is 3.43. The van der Waals surface area contributed by atoms with Gasteiger partial charge in [0, 0.05) is 18.0 Å². The quantitative estimate of drug-likeness (QED) is 0.845. The second-order valence-electron chi connectivity index (χ2n) is 4.98. The van der Waals surface area contributed by atoms with Gasteiger partial charge in [-0.25, -0.2) is 4.98 Å². The lowest BCUT2D eigenvalue weighted by Crippen LogP contribution is -2.35. The molecule has 2 rings (SSSR count). The third-order valence-corrected chi connectivity index (χ3v) is 3.43. The molecule has 2 aromatic rings. The maximum absolute atomic E-state index is 5.78. The number of nitrogen functional groups attached to an aromatic ring is 1. The number of nitrogens with two attached hydrogens (primary N) is 1. The van der Waals surface area contributed by atoms with E-state index in [2.05, 4.69) is 41.0 Å². The van der Waals surface area contributed by atoms with Crippen LogP contribution in [0.15, 0.2) is 24.3 Å². The summed E-state index contributed by atoms with van der Waals surface area (Å²) >= 11 is 0. The van der Waals surface area contributed by atoms with Crippen molar-refractivity contribution in [3.05, 3.63) is 24.3 Å². The topological polar surface area (TPSA) is 67.1 Å². The van der Waals surface area contributed by atoms with Crippen molar-refractivity contribution in [1.29, 1.82) is 0 Å². The van der Waals surface area contributed by atoms with Gasteiger partial charge in [0.15, 0.2) is 0 Å². The Morgan fingerprint density at radius 2 is 1.90 bits per heavy atom. The Labute approximate surface area is 120 Å². The van der Waals surface area contributed by atoms with E-state index in [0.717, 1.165) is 36.4 Å². The van der Waals surface area contributed by atoms with E-state index in [4.69, 9.17) is 5.73 Å². The number of fused-ring (bicyclic) bond motifs is 1. The Bertz CT molecular complexity index is 565. The van der Waals surface area contributed by atoms with Gasteiger partial charge >= 0.3 is 0 Å². The van der Waals surface area contributed by atoms with E-state index in [1.165, 1.54) is 0 Å². The number of para-hydroxylation sites is 1. The summed E-state index contributed by atoms with van der Waals surface area (Å²) in [7, 11) is 0. The van der Waals surface area contributed by atoms with E-state index in [0.29, 0.717) is 12.0 Å². The highest BCUT2D eigenvalue weighted by atomic mass is 15.2. The van der Waals surface area contributed by atoms with Gasteiger partial charge in [0.1, 0.15) is 5.82 Å². The van der Waals surface area contributed by atoms with Crippen LogP contribution in [-0.4, -0.2) is 40.5 Å². The van der Waals surface area contributed by atoms with Gasteiger partial charge in [-0.05, 0) is 32.1 Å². The predicted molar refractivity (Wildman–Crippen MR) is 84.8 cm³/mol. The van der Waals surface area contributed by atoms with E-state index in [-0.39, 0.29) is 0 Å². The predicted octanol–water partition coefficient (Wildman–Crippen LogP) is 2.35. The van der Waals surface area contributed by atoms with Crippen LogP contribution in [0.25, 0.3) is 10.9 Å². The van der Waals surface area contributed by atoms with Crippen molar-refractivity contribution < 1.29 is 0 Å². The first-order valence-corrected chi connectivity index (χ1v) is 7.15. The number of rotatable bonds is 6. The van der Waals surface area contributed by atoms with Crippen molar-refractivity contribution >= 4 is 22.7 Å². The molecule has 0 saturated heterocycles. The first kappa shape index (κ1) is 14.5. The molecule has 1 heterocycles. The molecule has 0 spiro atoms. The molecule has 0 amide bonds. The summed E-state index contributed by atoms with van der Waals surface area (Å²) in [5, 5.41) is 4.46. The molecule has 1 atom stereocenters. The molecule has 1 aromatic heterocycles. The number of aromatic nitrogens is 2. The molecular formula is C15H23N5. The molecule has 3 N–H and O–H groups in total. The maximum atomic E-state index is 5.78. The van der Waals surface area contributed by atoms with E-state index >= 15 is 0 Å². The summed E-state index contributed by atoms with van der Waals surface area (Å²) in [6.07, 6.45) is 0. The van der Waals surface area contributed by atoms with Crippen LogP contribution in [0.5, 0.6) is 0 Å². The van der Waals surface area contributed by atoms with Crippen LogP contribution in [0.1, 0.15) is 20.8 Å². The number of benzene rings is 1. The standard InChI is InChI=1S/C15H23N5/c1-4-20(5-2)10-11(3)17-14-12-8-6-7-9-13(12)18-15(16)19-14/h6-9,11H,4-5,10H2,1-3H3,(H3,16,17,18,19). The fourth-order valence-corrected chi connectivity index (χ4v) is 2.35. The molecule has 5 nitrogen and oxygen atoms in total. The molecule has 0 bridgehead atoms. The third kappa shape index (κ3) is 3.36. The summed E-state index contributed by atoms with van der Waals surface area (Å²) in [6.45, 7) is 9.59. The molecule has 1 aromatic carbocycles. The monoisotopic (exact) mass is 273 g/mol. The van der Waals surface area contributed by atoms with Crippen molar-refractivity contribution in [1.82, 2.24) is 14.9 Å². The van der Waals surface area contributed by atoms with Crippen molar-refractivity contribution in [3.8, 4) is 0 Å². The number of nitrogens with zero attached hydrogens (tertiary/aromatic N) is 3. The Morgan fingerprint density at radius 3 is 2.60 bits per heavy atom. The van der Waals surface area contributed by atoms with Crippen LogP contribution < -0.4 is 11.1 Å². The lowest BCUT2D eigenvalue weighted by Gasteiger charge is -2.24. The van der Waals surface area contributed by atoms with Gasteiger partial charge < -0.3 is 16.0 Å². The molecule has 0 radical (unpaired) electrons. The summed E-state index contributed by atoms with van der Waals surface area (Å²) in [6, 6.07) is 8.21. The molecule has 0 aliphatic heterocycles. The molecule has 20 heavy (non-hydrogen) atoms. The van der Waals surface area contributed by atoms with Crippen molar-refractivity contribution in [2.45, 2.75) is 26.8 Å². The van der Waals surface area contributed by atoms with Crippen LogP contribution in [0.4, 0.5) is 11.8 Å². The Morgan fingerprint density at radius 1 is 1.20 bits per heavy atom. The highest BCUT2D eigenvalue weighted by molar-refractivity contribution is 5.89. The van der Waals surface area contributed by atoms with Crippen molar-refractivity contribution in [2.75, 3.05) is 30.7 Å². The Hall–Kier alpha value is -1.88. The normalized spacial score (nSPS) is 12.8. The number of nitrogens with one attached hydrogen (secondary N) is 1. The van der Waals surface area contributed by atoms with Crippen LogP contribution in [0, 0.1) is 0 Å². The zero-order chi connectivity index (χ0) is 14.5. The smallest absolute Gasteiger partial charge is 0.222 e. The summed E-state index contributed by atoms with van der Waals surface area (Å²) < 4.78 is 0. The number of hydrogen-bond acceptors (Lipinski definition) is 5. The molecule has 0 aliphatic rings. The zero-order valence-electron chi connectivity index (χ0n) is 12.4. The van der Waals surface area contributed by atoms with Gasteiger partial charge in [-0.15, -0.1) is 0 Å². The fraction of sp³-hybridized carbons (Fsp3) is 0.467. The van der Waals surface area contributed by atoms with Gasteiger partial charge in [-0.3, -0.25) is 0 Å². The summed E-state index contributed by atoms with van der Waals surface area (Å²) in [4.78, 5) is 11.0. The zero-order valence-corrected chi connectivity index (χ0v) is 12.4.